The maximum absolute atomic E-state index is 8.86. The lowest BCUT2D eigenvalue weighted by atomic mass is 10.1. The molecule has 1 unspecified atom stereocenters. The van der Waals surface area contributed by atoms with Crippen molar-refractivity contribution in [3.05, 3.63) is 29.8 Å². The Morgan fingerprint density at radius 1 is 1.33 bits per heavy atom. The first-order valence-electron chi connectivity index (χ1n) is 5.27. The Labute approximate surface area is 95.9 Å². The van der Waals surface area contributed by atoms with E-state index in [-0.39, 0.29) is 12.6 Å². The van der Waals surface area contributed by atoms with E-state index in [0.29, 0.717) is 5.25 Å². The van der Waals surface area contributed by atoms with Gasteiger partial charge in [0.15, 0.2) is 0 Å². The molecule has 2 nitrogen and oxygen atoms in total. The van der Waals surface area contributed by atoms with E-state index in [2.05, 4.69) is 19.1 Å². The van der Waals surface area contributed by atoms with Gasteiger partial charge in [0.2, 0.25) is 0 Å². The molecule has 0 amide bonds. The molecule has 0 radical (unpaired) electrons. The van der Waals surface area contributed by atoms with E-state index in [1.165, 1.54) is 10.5 Å². The predicted octanol–water partition coefficient (Wildman–Crippen LogP) is 2.57. The summed E-state index contributed by atoms with van der Waals surface area (Å²) in [6, 6.07) is 8.27. The Kier molecular flexibility index (Phi) is 5.15. The molecule has 0 bridgehead atoms. The van der Waals surface area contributed by atoms with Crippen molar-refractivity contribution < 1.29 is 5.11 Å². The minimum absolute atomic E-state index is 0.0648. The predicted molar refractivity (Wildman–Crippen MR) is 66.1 cm³/mol. The van der Waals surface area contributed by atoms with Crippen molar-refractivity contribution in [2.75, 3.05) is 6.61 Å². The van der Waals surface area contributed by atoms with Crippen molar-refractivity contribution >= 4 is 11.8 Å². The Bertz CT molecular complexity index is 301. The zero-order valence-electron chi connectivity index (χ0n) is 9.31. The van der Waals surface area contributed by atoms with Gasteiger partial charge in [-0.1, -0.05) is 25.1 Å². The van der Waals surface area contributed by atoms with Crippen molar-refractivity contribution in [2.24, 2.45) is 5.73 Å². The first-order chi connectivity index (χ1) is 7.15. The molecule has 0 aliphatic rings. The molecule has 3 heteroatoms. The lowest BCUT2D eigenvalue weighted by Crippen LogP contribution is -2.07. The van der Waals surface area contributed by atoms with Crippen LogP contribution in [0.1, 0.15) is 31.9 Å². The molecule has 15 heavy (non-hydrogen) atoms. The van der Waals surface area contributed by atoms with Gasteiger partial charge in [0.05, 0.1) is 0 Å². The van der Waals surface area contributed by atoms with Crippen molar-refractivity contribution in [1.29, 1.82) is 0 Å². The summed E-state index contributed by atoms with van der Waals surface area (Å²) in [6.07, 6.45) is 0.817. The smallest absolute Gasteiger partial charge is 0.0441 e. The number of thioether (sulfide) groups is 1. The van der Waals surface area contributed by atoms with Crippen LogP contribution in [0, 0.1) is 0 Å². The standard InChI is InChI=1S/C12H19NOS/c1-9(7-8-14)15-12-6-4-3-5-11(12)10(2)13/h3-6,9-10,14H,7-8,13H2,1-2H3/t9?,10-/m1/s1. The molecule has 0 saturated carbocycles. The topological polar surface area (TPSA) is 46.2 Å². The second-order valence-corrected chi connectivity index (χ2v) is 5.25. The molecule has 0 aliphatic carbocycles. The number of aliphatic hydroxyl groups excluding tert-OH is 1. The van der Waals surface area contributed by atoms with Crippen molar-refractivity contribution in [1.82, 2.24) is 0 Å². The number of aliphatic hydroxyl groups is 1. The van der Waals surface area contributed by atoms with E-state index in [4.69, 9.17) is 10.8 Å². The summed E-state index contributed by atoms with van der Waals surface area (Å²) in [6.45, 7) is 4.36. The number of rotatable bonds is 5. The van der Waals surface area contributed by atoms with Gasteiger partial charge in [-0.25, -0.2) is 0 Å². The summed E-state index contributed by atoms with van der Waals surface area (Å²) in [7, 11) is 0. The van der Waals surface area contributed by atoms with E-state index < -0.39 is 0 Å². The van der Waals surface area contributed by atoms with E-state index in [0.717, 1.165) is 6.42 Å². The third kappa shape index (κ3) is 3.86. The van der Waals surface area contributed by atoms with Gasteiger partial charge in [-0.05, 0) is 25.0 Å². The van der Waals surface area contributed by atoms with Crippen LogP contribution in [-0.4, -0.2) is 17.0 Å². The van der Waals surface area contributed by atoms with Gasteiger partial charge in [0.25, 0.3) is 0 Å². The summed E-state index contributed by atoms with van der Waals surface area (Å²) >= 11 is 1.78. The Balaban J connectivity index is 2.75. The van der Waals surface area contributed by atoms with Crippen LogP contribution in [0.5, 0.6) is 0 Å². The summed E-state index contributed by atoms with van der Waals surface area (Å²) in [4.78, 5) is 1.23. The Hall–Kier alpha value is -0.510. The summed E-state index contributed by atoms with van der Waals surface area (Å²) < 4.78 is 0. The molecule has 0 aromatic heterocycles. The molecule has 0 fully saturated rings. The molecule has 0 spiro atoms. The van der Waals surface area contributed by atoms with Crippen LogP contribution in [0.3, 0.4) is 0 Å². The molecule has 2 atom stereocenters. The molecular formula is C12H19NOS. The van der Waals surface area contributed by atoms with Gasteiger partial charge >= 0.3 is 0 Å². The number of hydrogen-bond donors (Lipinski definition) is 2. The van der Waals surface area contributed by atoms with E-state index in [1.54, 1.807) is 11.8 Å². The molecule has 0 heterocycles. The van der Waals surface area contributed by atoms with Crippen LogP contribution in [0.2, 0.25) is 0 Å². The zero-order valence-corrected chi connectivity index (χ0v) is 10.1. The van der Waals surface area contributed by atoms with E-state index in [9.17, 15) is 0 Å². The Morgan fingerprint density at radius 3 is 2.60 bits per heavy atom. The number of nitrogens with two attached hydrogens (primary N) is 1. The molecule has 1 rings (SSSR count). The number of hydrogen-bond acceptors (Lipinski definition) is 3. The molecule has 0 saturated heterocycles. The van der Waals surface area contributed by atoms with Gasteiger partial charge in [-0.3, -0.25) is 0 Å². The van der Waals surface area contributed by atoms with Gasteiger partial charge in [0, 0.05) is 22.8 Å². The maximum atomic E-state index is 8.86. The maximum Gasteiger partial charge on any atom is 0.0441 e. The van der Waals surface area contributed by atoms with Gasteiger partial charge < -0.3 is 10.8 Å². The summed E-state index contributed by atoms with van der Waals surface area (Å²) in [5.74, 6) is 0. The van der Waals surface area contributed by atoms with Gasteiger partial charge in [-0.15, -0.1) is 11.8 Å². The first-order valence-corrected chi connectivity index (χ1v) is 6.15. The highest BCUT2D eigenvalue weighted by Gasteiger charge is 2.09. The molecule has 84 valence electrons. The van der Waals surface area contributed by atoms with Crippen LogP contribution in [0.25, 0.3) is 0 Å². The van der Waals surface area contributed by atoms with Crippen molar-refractivity contribution in [2.45, 2.75) is 36.5 Å². The van der Waals surface area contributed by atoms with Crippen LogP contribution < -0.4 is 5.73 Å². The van der Waals surface area contributed by atoms with Crippen LogP contribution >= 0.6 is 11.8 Å². The SMILES string of the molecule is CC(CCO)Sc1ccccc1[C@@H](C)N. The van der Waals surface area contributed by atoms with Crippen LogP contribution in [-0.2, 0) is 0 Å². The molecule has 1 aromatic carbocycles. The zero-order chi connectivity index (χ0) is 11.3. The highest BCUT2D eigenvalue weighted by Crippen LogP contribution is 2.30. The Morgan fingerprint density at radius 2 is 2.00 bits per heavy atom. The average molecular weight is 225 g/mol. The lowest BCUT2D eigenvalue weighted by molar-refractivity contribution is 0.289. The summed E-state index contributed by atoms with van der Waals surface area (Å²) in [5.41, 5.74) is 7.09. The monoisotopic (exact) mass is 225 g/mol. The fraction of sp³-hybridized carbons (Fsp3) is 0.500. The van der Waals surface area contributed by atoms with E-state index >= 15 is 0 Å². The molecule has 0 aliphatic heterocycles. The van der Waals surface area contributed by atoms with Gasteiger partial charge in [0.1, 0.15) is 0 Å². The summed E-state index contributed by atoms with van der Waals surface area (Å²) in [5, 5.41) is 9.28. The van der Waals surface area contributed by atoms with Gasteiger partial charge in [-0.2, -0.15) is 0 Å². The fourth-order valence-electron chi connectivity index (χ4n) is 1.42. The molecule has 3 N–H and O–H groups in total. The van der Waals surface area contributed by atoms with Crippen molar-refractivity contribution in [3.63, 3.8) is 0 Å². The van der Waals surface area contributed by atoms with Crippen LogP contribution in [0.4, 0.5) is 0 Å². The second-order valence-electron chi connectivity index (χ2n) is 3.77. The largest absolute Gasteiger partial charge is 0.396 e. The highest BCUT2D eigenvalue weighted by molar-refractivity contribution is 8.00. The van der Waals surface area contributed by atoms with E-state index in [1.807, 2.05) is 19.1 Å². The first kappa shape index (κ1) is 12.6. The normalized spacial score (nSPS) is 14.9. The third-order valence-corrected chi connectivity index (χ3v) is 3.54. The highest BCUT2D eigenvalue weighted by atomic mass is 32.2. The quantitative estimate of drug-likeness (QED) is 0.757. The molecular weight excluding hydrogens is 206 g/mol. The van der Waals surface area contributed by atoms with Crippen LogP contribution in [0.15, 0.2) is 29.2 Å². The average Bonchev–Trinajstić information content (AvgIpc) is 2.18. The minimum atomic E-state index is 0.0648. The number of benzene rings is 1. The lowest BCUT2D eigenvalue weighted by Gasteiger charge is -2.15. The fourth-order valence-corrected chi connectivity index (χ4v) is 2.63. The molecule has 1 aromatic rings. The minimum Gasteiger partial charge on any atom is -0.396 e. The second kappa shape index (κ2) is 6.16. The third-order valence-electron chi connectivity index (χ3n) is 2.27. The van der Waals surface area contributed by atoms with Crippen molar-refractivity contribution in [3.8, 4) is 0 Å².